The minimum Gasteiger partial charge on any atom is -0.335 e. The molecule has 16 heavy (non-hydrogen) atoms. The number of benzene rings is 1. The monoisotopic (exact) mass is 245 g/mol. The minimum atomic E-state index is 0.809. The van der Waals surface area contributed by atoms with E-state index in [0.717, 1.165) is 11.6 Å². The van der Waals surface area contributed by atoms with Crippen LogP contribution in [0.25, 0.3) is 21.5 Å². The molecular weight excluding hydrogens is 238 g/mol. The maximum atomic E-state index is 6.05. The van der Waals surface area contributed by atoms with Crippen LogP contribution in [0.4, 0.5) is 0 Å². The van der Waals surface area contributed by atoms with Crippen molar-refractivity contribution in [2.45, 2.75) is 6.54 Å². The molecule has 0 unspecified atom stereocenters. The van der Waals surface area contributed by atoms with E-state index in [1.807, 2.05) is 17.4 Å². The number of thiophene rings is 1. The third kappa shape index (κ3) is 1.01. The van der Waals surface area contributed by atoms with Crippen molar-refractivity contribution in [1.82, 2.24) is 4.57 Å². The Morgan fingerprint density at radius 2 is 2.12 bits per heavy atom. The van der Waals surface area contributed by atoms with Gasteiger partial charge in [-0.05, 0) is 35.2 Å². The van der Waals surface area contributed by atoms with Gasteiger partial charge >= 0.3 is 0 Å². The molecule has 0 aliphatic carbocycles. The van der Waals surface area contributed by atoms with E-state index in [1.165, 1.54) is 27.0 Å². The molecule has 0 saturated carbocycles. The molecule has 1 aliphatic rings. The standard InChI is InChI=1S/C13H8ClNS/c14-10-2-1-8-5-12-13-9(3-4-16-13)7-15(12)11(8)6-10/h1-6H,7H2. The number of halogens is 1. The molecule has 0 amide bonds. The zero-order chi connectivity index (χ0) is 10.7. The van der Waals surface area contributed by atoms with Gasteiger partial charge in [0.25, 0.3) is 0 Å². The van der Waals surface area contributed by atoms with Crippen LogP contribution in [0, 0.1) is 0 Å². The molecule has 1 nitrogen and oxygen atoms in total. The molecule has 3 heterocycles. The molecule has 4 rings (SSSR count). The van der Waals surface area contributed by atoms with Gasteiger partial charge in [-0.15, -0.1) is 11.3 Å². The first-order valence-electron chi connectivity index (χ1n) is 5.18. The quantitative estimate of drug-likeness (QED) is 0.433. The van der Waals surface area contributed by atoms with Gasteiger partial charge in [0.15, 0.2) is 0 Å². The summed E-state index contributed by atoms with van der Waals surface area (Å²) in [4.78, 5) is 1.41. The number of nitrogens with zero attached hydrogens (tertiary/aromatic N) is 1. The van der Waals surface area contributed by atoms with Gasteiger partial charge in [-0.2, -0.15) is 0 Å². The number of rotatable bonds is 0. The average molecular weight is 246 g/mol. The van der Waals surface area contributed by atoms with E-state index >= 15 is 0 Å². The van der Waals surface area contributed by atoms with E-state index in [4.69, 9.17) is 11.6 Å². The molecule has 0 radical (unpaired) electrons. The Hall–Kier alpha value is -1.25. The molecule has 0 fully saturated rings. The molecule has 0 N–H and O–H groups in total. The lowest BCUT2D eigenvalue weighted by atomic mass is 10.2. The van der Waals surface area contributed by atoms with Crippen molar-refractivity contribution in [3.8, 4) is 10.6 Å². The average Bonchev–Trinajstić information content (AvgIpc) is 2.88. The summed E-state index contributed by atoms with van der Waals surface area (Å²) < 4.78 is 2.35. The molecule has 0 atom stereocenters. The number of fused-ring (bicyclic) bond motifs is 5. The summed E-state index contributed by atoms with van der Waals surface area (Å²) in [6.07, 6.45) is 0. The van der Waals surface area contributed by atoms with E-state index in [9.17, 15) is 0 Å². The predicted octanol–water partition coefficient (Wildman–Crippen LogP) is 4.38. The smallest absolute Gasteiger partial charge is 0.0599 e. The van der Waals surface area contributed by atoms with Crippen molar-refractivity contribution in [3.05, 3.63) is 46.3 Å². The van der Waals surface area contributed by atoms with Gasteiger partial charge < -0.3 is 4.57 Å². The van der Waals surface area contributed by atoms with Crippen molar-refractivity contribution in [2.75, 3.05) is 0 Å². The lowest BCUT2D eigenvalue weighted by molar-refractivity contribution is 0.887. The van der Waals surface area contributed by atoms with Gasteiger partial charge in [0.05, 0.1) is 16.1 Å². The lowest BCUT2D eigenvalue weighted by Gasteiger charge is -2.00. The molecule has 3 heteroatoms. The predicted molar refractivity (Wildman–Crippen MR) is 69.4 cm³/mol. The third-order valence-corrected chi connectivity index (χ3v) is 4.39. The van der Waals surface area contributed by atoms with Crippen LogP contribution >= 0.6 is 22.9 Å². The number of hydrogen-bond donors (Lipinski definition) is 0. The first-order chi connectivity index (χ1) is 7.83. The summed E-state index contributed by atoms with van der Waals surface area (Å²) in [5.41, 5.74) is 4.01. The minimum absolute atomic E-state index is 0.809. The molecule has 0 saturated heterocycles. The fraction of sp³-hybridized carbons (Fsp3) is 0.0769. The van der Waals surface area contributed by atoms with Crippen LogP contribution in [-0.2, 0) is 6.54 Å². The van der Waals surface area contributed by atoms with E-state index < -0.39 is 0 Å². The maximum Gasteiger partial charge on any atom is 0.0599 e. The van der Waals surface area contributed by atoms with Crippen molar-refractivity contribution in [1.29, 1.82) is 0 Å². The highest BCUT2D eigenvalue weighted by molar-refractivity contribution is 7.13. The van der Waals surface area contributed by atoms with Crippen LogP contribution in [0.5, 0.6) is 0 Å². The zero-order valence-corrected chi connectivity index (χ0v) is 9.98. The molecule has 0 bridgehead atoms. The Morgan fingerprint density at radius 1 is 1.19 bits per heavy atom. The second kappa shape index (κ2) is 2.90. The van der Waals surface area contributed by atoms with Crippen LogP contribution in [0.3, 0.4) is 0 Å². The molecule has 3 aromatic rings. The zero-order valence-electron chi connectivity index (χ0n) is 8.40. The molecule has 0 spiro atoms. The maximum absolute atomic E-state index is 6.05. The summed E-state index contributed by atoms with van der Waals surface area (Å²) in [6.45, 7) is 0.984. The van der Waals surface area contributed by atoms with E-state index in [2.05, 4.69) is 34.2 Å². The highest BCUT2D eigenvalue weighted by atomic mass is 35.5. The highest BCUT2D eigenvalue weighted by Crippen LogP contribution is 2.40. The second-order valence-electron chi connectivity index (χ2n) is 4.09. The topological polar surface area (TPSA) is 4.93 Å². The van der Waals surface area contributed by atoms with Gasteiger partial charge in [-0.1, -0.05) is 17.7 Å². The van der Waals surface area contributed by atoms with Crippen molar-refractivity contribution < 1.29 is 0 Å². The molecule has 78 valence electrons. The SMILES string of the molecule is Clc1ccc2cc3n(c2c1)Cc1ccsc1-3. The van der Waals surface area contributed by atoms with Crippen LogP contribution in [0.1, 0.15) is 5.56 Å². The van der Waals surface area contributed by atoms with Gasteiger partial charge in [0.1, 0.15) is 0 Å². The summed E-state index contributed by atoms with van der Waals surface area (Å²) in [6, 6.07) is 10.6. The fourth-order valence-corrected chi connectivity index (χ4v) is 3.55. The Morgan fingerprint density at radius 3 is 3.06 bits per heavy atom. The summed E-state index contributed by atoms with van der Waals surface area (Å²) >= 11 is 7.87. The van der Waals surface area contributed by atoms with E-state index in [0.29, 0.717) is 0 Å². The molecule has 1 aromatic carbocycles. The van der Waals surface area contributed by atoms with Crippen molar-refractivity contribution >= 4 is 33.8 Å². The summed E-state index contributed by atoms with van der Waals surface area (Å²) in [5, 5.41) is 4.25. The highest BCUT2D eigenvalue weighted by Gasteiger charge is 2.21. The van der Waals surface area contributed by atoms with Gasteiger partial charge in [-0.3, -0.25) is 0 Å². The lowest BCUT2D eigenvalue weighted by Crippen LogP contribution is -1.91. The Bertz CT molecular complexity index is 708. The molecular formula is C13H8ClNS. The number of hydrogen-bond acceptors (Lipinski definition) is 1. The Kier molecular flexibility index (Phi) is 1.61. The van der Waals surface area contributed by atoms with Crippen molar-refractivity contribution in [3.63, 3.8) is 0 Å². The van der Waals surface area contributed by atoms with Crippen molar-refractivity contribution in [2.24, 2.45) is 0 Å². The normalized spacial score (nSPS) is 13.1. The fourth-order valence-electron chi connectivity index (χ4n) is 2.44. The van der Waals surface area contributed by atoms with Gasteiger partial charge in [0, 0.05) is 17.0 Å². The van der Waals surface area contributed by atoms with Crippen LogP contribution in [0.15, 0.2) is 35.7 Å². The molecule has 2 aromatic heterocycles. The largest absolute Gasteiger partial charge is 0.335 e. The Labute approximate surface area is 102 Å². The van der Waals surface area contributed by atoms with E-state index in [1.54, 1.807) is 0 Å². The van der Waals surface area contributed by atoms with Crippen LogP contribution < -0.4 is 0 Å². The van der Waals surface area contributed by atoms with E-state index in [-0.39, 0.29) is 0 Å². The van der Waals surface area contributed by atoms with Gasteiger partial charge in [-0.25, -0.2) is 0 Å². The summed E-state index contributed by atoms with van der Waals surface area (Å²) in [5.74, 6) is 0. The first kappa shape index (κ1) is 8.85. The van der Waals surface area contributed by atoms with Gasteiger partial charge in [0.2, 0.25) is 0 Å². The first-order valence-corrected chi connectivity index (χ1v) is 6.44. The third-order valence-electron chi connectivity index (χ3n) is 3.17. The van der Waals surface area contributed by atoms with Crippen LogP contribution in [-0.4, -0.2) is 4.57 Å². The summed E-state index contributed by atoms with van der Waals surface area (Å²) in [7, 11) is 0. The molecule has 1 aliphatic heterocycles. The second-order valence-corrected chi connectivity index (χ2v) is 5.45. The van der Waals surface area contributed by atoms with Crippen LogP contribution in [0.2, 0.25) is 5.02 Å². The Balaban J connectivity index is 2.12. The number of aromatic nitrogens is 1.